The van der Waals surface area contributed by atoms with Crippen molar-refractivity contribution in [2.45, 2.75) is 24.1 Å². The molecule has 2 atom stereocenters. The zero-order valence-corrected chi connectivity index (χ0v) is 9.50. The zero-order chi connectivity index (χ0) is 11.1. The Bertz CT molecular complexity index is 364. The normalized spacial score (nSPS) is 32.2. The second kappa shape index (κ2) is 3.75. The van der Waals surface area contributed by atoms with Crippen molar-refractivity contribution in [3.05, 3.63) is 0 Å². The third-order valence-corrected chi connectivity index (χ3v) is 5.36. The molecule has 2 heterocycles. The number of hydrogen-bond acceptors (Lipinski definition) is 4. The van der Waals surface area contributed by atoms with E-state index in [-0.39, 0.29) is 23.0 Å². The lowest BCUT2D eigenvalue weighted by Gasteiger charge is -2.26. The molecule has 0 radical (unpaired) electrons. The van der Waals surface area contributed by atoms with E-state index in [1.807, 2.05) is 0 Å². The summed E-state index contributed by atoms with van der Waals surface area (Å²) in [5, 5.41) is -0.311. The highest BCUT2D eigenvalue weighted by molar-refractivity contribution is 7.92. The number of carbonyl (C=O) groups excluding carboxylic acids is 1. The van der Waals surface area contributed by atoms with Gasteiger partial charge in [-0.05, 0) is 6.42 Å². The second-order valence-electron chi connectivity index (χ2n) is 4.13. The van der Waals surface area contributed by atoms with E-state index in [1.54, 1.807) is 12.0 Å². The Morgan fingerprint density at radius 1 is 1.53 bits per heavy atom. The molecule has 0 saturated carbocycles. The van der Waals surface area contributed by atoms with Crippen LogP contribution in [-0.4, -0.2) is 56.5 Å². The predicted octanol–water partition coefficient (Wildman–Crippen LogP) is -0.579. The number of rotatable bonds is 3. The van der Waals surface area contributed by atoms with Crippen molar-refractivity contribution in [3.8, 4) is 0 Å². The fourth-order valence-corrected chi connectivity index (χ4v) is 4.36. The molecule has 2 aliphatic rings. The van der Waals surface area contributed by atoms with Crippen molar-refractivity contribution >= 4 is 15.7 Å². The number of hydrogen-bond donors (Lipinski definition) is 0. The number of amides is 1. The van der Waals surface area contributed by atoms with Crippen molar-refractivity contribution in [1.82, 2.24) is 4.90 Å². The largest absolute Gasteiger partial charge is 0.384 e. The van der Waals surface area contributed by atoms with E-state index < -0.39 is 9.84 Å². The number of carbonyl (C=O) groups is 1. The molecule has 0 aromatic heterocycles. The molecule has 0 aromatic carbocycles. The number of ether oxygens (including phenoxy) is 1. The van der Waals surface area contributed by atoms with Crippen molar-refractivity contribution in [2.75, 3.05) is 26.0 Å². The van der Waals surface area contributed by atoms with Crippen molar-refractivity contribution < 1.29 is 17.9 Å². The zero-order valence-electron chi connectivity index (χ0n) is 8.68. The fourth-order valence-electron chi connectivity index (χ4n) is 2.33. The Balaban J connectivity index is 1.97. The quantitative estimate of drug-likeness (QED) is 0.654. The van der Waals surface area contributed by atoms with E-state index in [4.69, 9.17) is 4.74 Å². The minimum Gasteiger partial charge on any atom is -0.384 e. The molecule has 5 nitrogen and oxygen atoms in total. The lowest BCUT2D eigenvalue weighted by atomic mass is 10.2. The summed E-state index contributed by atoms with van der Waals surface area (Å²) in [6.45, 7) is 0.787. The van der Waals surface area contributed by atoms with E-state index in [0.717, 1.165) is 0 Å². The number of nitrogens with zero attached hydrogens (tertiary/aromatic N) is 1. The topological polar surface area (TPSA) is 63.7 Å². The fraction of sp³-hybridized carbons (Fsp3) is 0.889. The van der Waals surface area contributed by atoms with Gasteiger partial charge >= 0.3 is 0 Å². The van der Waals surface area contributed by atoms with Crippen LogP contribution in [0.1, 0.15) is 12.8 Å². The van der Waals surface area contributed by atoms with Gasteiger partial charge in [0.25, 0.3) is 0 Å². The molecule has 0 spiro atoms. The van der Waals surface area contributed by atoms with Gasteiger partial charge in [-0.15, -0.1) is 0 Å². The van der Waals surface area contributed by atoms with Crippen LogP contribution in [-0.2, 0) is 19.4 Å². The SMILES string of the molecule is COCCC(=O)N1C[C@H]2C[C@H]1CS2(=O)=O. The molecule has 6 heteroatoms. The first-order chi connectivity index (χ1) is 7.04. The molecule has 0 unspecified atom stereocenters. The Kier molecular flexibility index (Phi) is 2.72. The van der Waals surface area contributed by atoms with E-state index in [0.29, 0.717) is 26.0 Å². The smallest absolute Gasteiger partial charge is 0.225 e. The molecular weight excluding hydrogens is 218 g/mol. The Morgan fingerprint density at radius 2 is 2.27 bits per heavy atom. The molecule has 2 aliphatic heterocycles. The molecule has 15 heavy (non-hydrogen) atoms. The number of fused-ring (bicyclic) bond motifs is 2. The van der Waals surface area contributed by atoms with Crippen LogP contribution in [0.2, 0.25) is 0 Å². The first-order valence-electron chi connectivity index (χ1n) is 5.04. The van der Waals surface area contributed by atoms with Gasteiger partial charge in [-0.1, -0.05) is 0 Å². The lowest BCUT2D eigenvalue weighted by molar-refractivity contribution is -0.132. The molecule has 2 saturated heterocycles. The van der Waals surface area contributed by atoms with E-state index in [9.17, 15) is 13.2 Å². The van der Waals surface area contributed by atoms with Gasteiger partial charge in [0, 0.05) is 19.7 Å². The third kappa shape index (κ3) is 1.88. The average molecular weight is 233 g/mol. The van der Waals surface area contributed by atoms with Crippen molar-refractivity contribution in [3.63, 3.8) is 0 Å². The molecule has 2 bridgehead atoms. The minimum absolute atomic E-state index is 0.0132. The molecular formula is C9H15NO4S. The maximum atomic E-state index is 11.7. The monoisotopic (exact) mass is 233 g/mol. The van der Waals surface area contributed by atoms with Gasteiger partial charge in [-0.25, -0.2) is 8.42 Å². The molecule has 1 amide bonds. The highest BCUT2D eigenvalue weighted by Gasteiger charge is 2.49. The molecule has 86 valence electrons. The Morgan fingerprint density at radius 3 is 2.73 bits per heavy atom. The van der Waals surface area contributed by atoms with Crippen LogP contribution in [0, 0.1) is 0 Å². The Labute approximate surface area is 89.3 Å². The van der Waals surface area contributed by atoms with Crippen LogP contribution in [0.5, 0.6) is 0 Å². The van der Waals surface area contributed by atoms with Gasteiger partial charge in [0.2, 0.25) is 5.91 Å². The van der Waals surface area contributed by atoms with Gasteiger partial charge in [0.05, 0.1) is 24.0 Å². The van der Waals surface area contributed by atoms with E-state index in [2.05, 4.69) is 0 Å². The van der Waals surface area contributed by atoms with Gasteiger partial charge in [-0.3, -0.25) is 4.79 Å². The maximum absolute atomic E-state index is 11.7. The Hall–Kier alpha value is -0.620. The molecule has 2 rings (SSSR count). The minimum atomic E-state index is -2.90. The maximum Gasteiger partial charge on any atom is 0.225 e. The van der Waals surface area contributed by atoms with Gasteiger partial charge in [0.1, 0.15) is 0 Å². The average Bonchev–Trinajstić information content (AvgIpc) is 2.68. The number of methoxy groups -OCH3 is 1. The summed E-state index contributed by atoms with van der Waals surface area (Å²) in [7, 11) is -1.35. The first-order valence-corrected chi connectivity index (χ1v) is 6.76. The third-order valence-electron chi connectivity index (χ3n) is 3.15. The first kappa shape index (κ1) is 10.9. The molecule has 0 aromatic rings. The van der Waals surface area contributed by atoms with Crippen LogP contribution < -0.4 is 0 Å². The number of likely N-dealkylation sites (tertiary alicyclic amines) is 1. The summed E-state index contributed by atoms with van der Waals surface area (Å²) in [6, 6.07) is -0.0793. The van der Waals surface area contributed by atoms with E-state index in [1.165, 1.54) is 0 Å². The van der Waals surface area contributed by atoms with Crippen LogP contribution in [0.4, 0.5) is 0 Å². The predicted molar refractivity (Wildman–Crippen MR) is 54.2 cm³/mol. The lowest BCUT2D eigenvalue weighted by Crippen LogP contribution is -2.44. The summed E-state index contributed by atoms with van der Waals surface area (Å²) in [4.78, 5) is 13.4. The van der Waals surface area contributed by atoms with Crippen LogP contribution in [0.15, 0.2) is 0 Å². The van der Waals surface area contributed by atoms with Crippen LogP contribution in [0.3, 0.4) is 0 Å². The van der Waals surface area contributed by atoms with E-state index >= 15 is 0 Å². The summed E-state index contributed by atoms with van der Waals surface area (Å²) in [5.74, 6) is 0.162. The summed E-state index contributed by atoms with van der Waals surface area (Å²) in [5.41, 5.74) is 0. The van der Waals surface area contributed by atoms with Crippen LogP contribution in [0.25, 0.3) is 0 Å². The molecule has 0 N–H and O–H groups in total. The highest BCUT2D eigenvalue weighted by atomic mass is 32.2. The molecule has 2 fully saturated rings. The summed E-state index contributed by atoms with van der Waals surface area (Å²) < 4.78 is 27.7. The van der Waals surface area contributed by atoms with Crippen LogP contribution >= 0.6 is 0 Å². The van der Waals surface area contributed by atoms with Gasteiger partial charge in [0.15, 0.2) is 9.84 Å². The highest BCUT2D eigenvalue weighted by Crippen LogP contribution is 2.33. The summed E-state index contributed by atoms with van der Waals surface area (Å²) in [6.07, 6.45) is 0.973. The van der Waals surface area contributed by atoms with Crippen molar-refractivity contribution in [1.29, 1.82) is 0 Å². The second-order valence-corrected chi connectivity index (χ2v) is 6.46. The number of sulfone groups is 1. The van der Waals surface area contributed by atoms with Gasteiger partial charge in [-0.2, -0.15) is 0 Å². The molecule has 0 aliphatic carbocycles. The van der Waals surface area contributed by atoms with Gasteiger partial charge < -0.3 is 9.64 Å². The van der Waals surface area contributed by atoms with Crippen molar-refractivity contribution in [2.24, 2.45) is 0 Å². The standard InChI is InChI=1S/C9H15NO4S/c1-14-3-2-9(11)10-5-8-4-7(10)6-15(8,12)13/h7-8H,2-6H2,1H3/t7-,8+/m0/s1. The summed E-state index contributed by atoms with van der Waals surface area (Å²) >= 11 is 0.